The van der Waals surface area contributed by atoms with Gasteiger partial charge < -0.3 is 15.1 Å². The Hall–Kier alpha value is -2.20. The predicted octanol–water partition coefficient (Wildman–Crippen LogP) is 3.19. The zero-order valence-corrected chi connectivity index (χ0v) is 10.2. The van der Waals surface area contributed by atoms with Crippen molar-refractivity contribution in [3.63, 3.8) is 0 Å². The number of anilines is 1. The lowest BCUT2D eigenvalue weighted by Crippen LogP contribution is -1.97. The van der Waals surface area contributed by atoms with Gasteiger partial charge in [0, 0.05) is 5.69 Å². The first-order valence-electron chi connectivity index (χ1n) is 5.06. The molecule has 0 aromatic heterocycles. The Balaban J connectivity index is 0.000000199. The molecule has 5 heteroatoms. The first-order valence-corrected chi connectivity index (χ1v) is 5.37. The number of halogens is 1. The van der Waals surface area contributed by atoms with E-state index in [0.29, 0.717) is 0 Å². The highest BCUT2D eigenvalue weighted by Crippen LogP contribution is 2.18. The Morgan fingerprint density at radius 2 is 1.61 bits per heavy atom. The number of hydrogen-bond donors (Lipinski definition) is 2. The van der Waals surface area contributed by atoms with E-state index in [0.717, 1.165) is 5.69 Å². The van der Waals surface area contributed by atoms with Gasteiger partial charge in [0.05, 0.1) is 0 Å². The second-order valence-corrected chi connectivity index (χ2v) is 3.44. The number of carbonyl (C=O) groups is 1. The molecule has 0 radical (unpaired) electrons. The largest absolute Gasteiger partial charge is 0.478 e. The molecule has 3 N–H and O–H groups in total. The minimum Gasteiger partial charge on any atom is -0.478 e. The van der Waals surface area contributed by atoms with Crippen molar-refractivity contribution >= 4 is 23.5 Å². The molecule has 0 unspecified atom stereocenters. The molecule has 2 aromatic carbocycles. The summed E-state index contributed by atoms with van der Waals surface area (Å²) in [6.45, 7) is 0. The summed E-state index contributed by atoms with van der Waals surface area (Å²) >= 11 is 5.01. The van der Waals surface area contributed by atoms with Crippen molar-refractivity contribution in [2.24, 2.45) is 0 Å². The van der Waals surface area contributed by atoms with E-state index in [-0.39, 0.29) is 11.3 Å². The van der Waals surface area contributed by atoms with Crippen molar-refractivity contribution in [2.75, 3.05) is 5.73 Å². The minimum absolute atomic E-state index is 0.0579. The van der Waals surface area contributed by atoms with E-state index in [4.69, 9.17) is 22.7 Å². The predicted molar refractivity (Wildman–Crippen MR) is 70.7 cm³/mol. The summed E-state index contributed by atoms with van der Waals surface area (Å²) in [6.07, 6.45) is 0. The fourth-order valence-corrected chi connectivity index (χ4v) is 1.30. The van der Waals surface area contributed by atoms with Crippen LogP contribution in [0.15, 0.2) is 54.6 Å². The molecule has 0 spiro atoms. The number of hydrogen-bond acceptors (Lipinski definition) is 3. The molecule has 0 aliphatic rings. The maximum atomic E-state index is 10.4. The van der Waals surface area contributed by atoms with Gasteiger partial charge in [-0.15, -0.1) is 0 Å². The average molecular weight is 266 g/mol. The number of nitrogen functional groups attached to an aromatic ring is 1. The molecule has 0 aliphatic carbocycles. The summed E-state index contributed by atoms with van der Waals surface area (Å²) in [4.78, 5) is 10.4. The first kappa shape index (κ1) is 13.9. The fourth-order valence-electron chi connectivity index (χ4n) is 1.16. The number of benzene rings is 2. The van der Waals surface area contributed by atoms with Gasteiger partial charge in [-0.25, -0.2) is 4.79 Å². The number of para-hydroxylation sites is 2. The average Bonchev–Trinajstić information content (AvgIpc) is 2.40. The van der Waals surface area contributed by atoms with E-state index in [1.807, 2.05) is 30.3 Å². The standard InChI is InChI=1S/C7H5ClO3.C6H7N/c8-11-6-4-2-1-3-5(6)7(9)10;7-6-4-2-1-3-5-6/h1-4H,(H,9,10);1-5H,7H2. The highest BCUT2D eigenvalue weighted by Gasteiger charge is 2.08. The van der Waals surface area contributed by atoms with E-state index in [9.17, 15) is 4.79 Å². The molecule has 0 heterocycles. The first-order chi connectivity index (χ1) is 8.65. The third-order valence-corrected chi connectivity index (χ3v) is 2.17. The monoisotopic (exact) mass is 265 g/mol. The normalized spacial score (nSPS) is 8.94. The molecule has 0 bridgehead atoms. The van der Waals surface area contributed by atoms with Crippen molar-refractivity contribution in [2.45, 2.75) is 0 Å². The van der Waals surface area contributed by atoms with Gasteiger partial charge in [-0.2, -0.15) is 0 Å². The quantitative estimate of drug-likeness (QED) is 0.818. The van der Waals surface area contributed by atoms with Crippen LogP contribution in [0.3, 0.4) is 0 Å². The SMILES string of the molecule is Nc1ccccc1.O=C(O)c1ccccc1OCl. The van der Waals surface area contributed by atoms with Gasteiger partial charge in [-0.1, -0.05) is 30.3 Å². The summed E-state index contributed by atoms with van der Waals surface area (Å²) in [5.41, 5.74) is 6.24. The van der Waals surface area contributed by atoms with Gasteiger partial charge in [0.1, 0.15) is 17.4 Å². The summed E-state index contributed by atoms with van der Waals surface area (Å²) < 4.78 is 4.30. The van der Waals surface area contributed by atoms with Crippen LogP contribution in [0.2, 0.25) is 0 Å². The van der Waals surface area contributed by atoms with Gasteiger partial charge in [-0.05, 0) is 24.3 Å². The van der Waals surface area contributed by atoms with Crippen LogP contribution in [0.4, 0.5) is 5.69 Å². The van der Waals surface area contributed by atoms with Gasteiger partial charge in [0.15, 0.2) is 5.75 Å². The van der Waals surface area contributed by atoms with Crippen LogP contribution in [0, 0.1) is 0 Å². The number of nitrogens with two attached hydrogens (primary N) is 1. The number of carboxylic acids is 1. The van der Waals surface area contributed by atoms with Crippen molar-refractivity contribution in [1.29, 1.82) is 0 Å². The zero-order chi connectivity index (χ0) is 13.4. The molecule has 0 atom stereocenters. The van der Waals surface area contributed by atoms with E-state index < -0.39 is 5.97 Å². The van der Waals surface area contributed by atoms with Crippen LogP contribution < -0.4 is 10.0 Å². The number of carboxylic acid groups (broad SMARTS) is 1. The Morgan fingerprint density at radius 1 is 1.06 bits per heavy atom. The highest BCUT2D eigenvalue weighted by atomic mass is 35.5. The summed E-state index contributed by atoms with van der Waals surface area (Å²) in [5, 5.41) is 8.56. The molecule has 0 saturated heterocycles. The van der Waals surface area contributed by atoms with Gasteiger partial charge >= 0.3 is 5.97 Å². The smallest absolute Gasteiger partial charge is 0.339 e. The summed E-state index contributed by atoms with van der Waals surface area (Å²) in [5.74, 6) is -0.900. The molecule has 2 rings (SSSR count). The molecular formula is C13H12ClNO3. The van der Waals surface area contributed by atoms with E-state index in [1.165, 1.54) is 12.1 Å². The number of aromatic carboxylic acids is 1. The summed E-state index contributed by atoms with van der Waals surface area (Å²) in [7, 11) is 0. The molecular weight excluding hydrogens is 254 g/mol. The van der Waals surface area contributed by atoms with Crippen molar-refractivity contribution < 1.29 is 14.2 Å². The van der Waals surface area contributed by atoms with Crippen LogP contribution in [0.25, 0.3) is 0 Å². The Morgan fingerprint density at radius 3 is 2.00 bits per heavy atom. The topological polar surface area (TPSA) is 72.6 Å². The van der Waals surface area contributed by atoms with Gasteiger partial charge in [-0.3, -0.25) is 0 Å². The summed E-state index contributed by atoms with van der Waals surface area (Å²) in [6, 6.07) is 15.6. The molecule has 4 nitrogen and oxygen atoms in total. The zero-order valence-electron chi connectivity index (χ0n) is 9.42. The molecule has 0 aliphatic heterocycles. The third kappa shape index (κ3) is 4.35. The molecule has 94 valence electrons. The lowest BCUT2D eigenvalue weighted by Gasteiger charge is -1.98. The maximum Gasteiger partial charge on any atom is 0.339 e. The second kappa shape index (κ2) is 7.19. The molecule has 2 aromatic rings. The van der Waals surface area contributed by atoms with Crippen molar-refractivity contribution in [1.82, 2.24) is 0 Å². The molecule has 0 amide bonds. The van der Waals surface area contributed by atoms with Crippen LogP contribution in [0.5, 0.6) is 5.75 Å². The lowest BCUT2D eigenvalue weighted by molar-refractivity contribution is 0.0695. The number of rotatable bonds is 2. The van der Waals surface area contributed by atoms with Crippen molar-refractivity contribution in [3.8, 4) is 5.75 Å². The maximum absolute atomic E-state index is 10.4. The van der Waals surface area contributed by atoms with Crippen LogP contribution in [0.1, 0.15) is 10.4 Å². The Labute approximate surface area is 110 Å². The van der Waals surface area contributed by atoms with Crippen LogP contribution >= 0.6 is 11.9 Å². The molecule has 0 saturated carbocycles. The minimum atomic E-state index is -1.05. The third-order valence-electron chi connectivity index (χ3n) is 2.00. The van der Waals surface area contributed by atoms with Gasteiger partial charge in [0.2, 0.25) is 0 Å². The Kier molecular flexibility index (Phi) is 5.54. The van der Waals surface area contributed by atoms with Crippen LogP contribution in [-0.2, 0) is 0 Å². The lowest BCUT2D eigenvalue weighted by atomic mass is 10.2. The van der Waals surface area contributed by atoms with Crippen LogP contribution in [-0.4, -0.2) is 11.1 Å². The Bertz CT molecular complexity index is 503. The molecule has 0 fully saturated rings. The second-order valence-electron chi connectivity index (χ2n) is 3.29. The van der Waals surface area contributed by atoms with Gasteiger partial charge in [0.25, 0.3) is 0 Å². The van der Waals surface area contributed by atoms with E-state index >= 15 is 0 Å². The fraction of sp³-hybridized carbons (Fsp3) is 0. The van der Waals surface area contributed by atoms with E-state index in [2.05, 4.69) is 4.29 Å². The van der Waals surface area contributed by atoms with Crippen molar-refractivity contribution in [3.05, 3.63) is 60.2 Å². The van der Waals surface area contributed by atoms with E-state index in [1.54, 1.807) is 12.1 Å². The molecule has 18 heavy (non-hydrogen) atoms. The highest BCUT2D eigenvalue weighted by molar-refractivity contribution is 6.09.